The molecular formula is C23H35N7O. The van der Waals surface area contributed by atoms with Crippen molar-refractivity contribution < 1.29 is 0 Å². The van der Waals surface area contributed by atoms with Crippen molar-refractivity contribution >= 4 is 11.0 Å². The van der Waals surface area contributed by atoms with Crippen LogP contribution in [0.5, 0.6) is 0 Å². The molecule has 0 radical (unpaired) electrons. The highest BCUT2D eigenvalue weighted by Crippen LogP contribution is 2.14. The topological polar surface area (TPSA) is 127 Å². The highest BCUT2D eigenvalue weighted by molar-refractivity contribution is 5.75. The van der Waals surface area contributed by atoms with Crippen molar-refractivity contribution in [2.24, 2.45) is 11.5 Å². The van der Waals surface area contributed by atoms with Crippen LogP contribution in [0, 0.1) is 0 Å². The van der Waals surface area contributed by atoms with Crippen LogP contribution in [0.25, 0.3) is 16.7 Å². The van der Waals surface area contributed by atoms with E-state index < -0.39 is 0 Å². The summed E-state index contributed by atoms with van der Waals surface area (Å²) in [5.41, 5.74) is 14.3. The van der Waals surface area contributed by atoms with Crippen LogP contribution in [-0.4, -0.2) is 47.3 Å². The van der Waals surface area contributed by atoms with Crippen LogP contribution in [0.2, 0.25) is 0 Å². The van der Waals surface area contributed by atoms with Gasteiger partial charge in [0.2, 0.25) is 0 Å². The van der Waals surface area contributed by atoms with Crippen LogP contribution in [0.3, 0.4) is 0 Å². The molecule has 1 aliphatic rings. The van der Waals surface area contributed by atoms with Crippen LogP contribution in [0.1, 0.15) is 36.9 Å². The molecule has 1 aliphatic heterocycles. The molecule has 0 spiro atoms. The van der Waals surface area contributed by atoms with Gasteiger partial charge in [0.1, 0.15) is 5.65 Å². The normalized spacial score (nSPS) is 13.7. The second-order valence-electron chi connectivity index (χ2n) is 7.83. The third kappa shape index (κ3) is 7.00. The predicted octanol–water partition coefficient (Wildman–Crippen LogP) is 1.41. The first kappa shape index (κ1) is 23.1. The summed E-state index contributed by atoms with van der Waals surface area (Å²) in [4.78, 5) is 19.6. The Balaban J connectivity index is 0.000000391. The largest absolute Gasteiger partial charge is 0.354 e. The molecule has 7 N–H and O–H groups in total. The van der Waals surface area contributed by atoms with Crippen molar-refractivity contribution in [3.05, 3.63) is 58.3 Å². The molecule has 8 heteroatoms. The summed E-state index contributed by atoms with van der Waals surface area (Å²) in [5, 5.41) is 7.52. The summed E-state index contributed by atoms with van der Waals surface area (Å²) in [6, 6.07) is 9.88. The number of benzene rings is 1. The highest BCUT2D eigenvalue weighted by Gasteiger charge is 2.07. The minimum absolute atomic E-state index is 0.303. The Labute approximate surface area is 183 Å². The number of nitrogens with zero attached hydrogens (tertiary/aromatic N) is 2. The highest BCUT2D eigenvalue weighted by atomic mass is 16.1. The fourth-order valence-electron chi connectivity index (χ4n) is 3.56. The first-order valence-electron chi connectivity index (χ1n) is 11.2. The van der Waals surface area contributed by atoms with E-state index in [-0.39, 0.29) is 5.69 Å². The Kier molecular flexibility index (Phi) is 9.23. The third-order valence-corrected chi connectivity index (χ3v) is 5.29. The van der Waals surface area contributed by atoms with E-state index in [9.17, 15) is 4.79 Å². The SMILES string of the molecule is C1CCNCC1.NCCCNCc1ccc(-n2cc3cc(CCN)[nH]c3nc2=O)cc1. The van der Waals surface area contributed by atoms with Crippen molar-refractivity contribution in [2.45, 2.75) is 38.6 Å². The molecule has 3 aromatic rings. The van der Waals surface area contributed by atoms with Gasteiger partial charge in [-0.25, -0.2) is 4.79 Å². The van der Waals surface area contributed by atoms with Crippen molar-refractivity contribution in [2.75, 3.05) is 32.7 Å². The van der Waals surface area contributed by atoms with Gasteiger partial charge in [0.15, 0.2) is 0 Å². The Bertz CT molecular complexity index is 962. The van der Waals surface area contributed by atoms with Gasteiger partial charge >= 0.3 is 5.69 Å². The van der Waals surface area contributed by atoms with Gasteiger partial charge in [-0.3, -0.25) is 4.57 Å². The molecule has 1 saturated heterocycles. The van der Waals surface area contributed by atoms with Crippen LogP contribution in [-0.2, 0) is 13.0 Å². The van der Waals surface area contributed by atoms with Gasteiger partial charge in [0.05, 0.1) is 5.69 Å². The zero-order valence-electron chi connectivity index (χ0n) is 18.2. The fourth-order valence-corrected chi connectivity index (χ4v) is 3.56. The number of hydrogen-bond donors (Lipinski definition) is 5. The molecule has 0 amide bonds. The van der Waals surface area contributed by atoms with E-state index in [4.69, 9.17) is 11.5 Å². The van der Waals surface area contributed by atoms with Crippen LogP contribution < -0.4 is 27.8 Å². The van der Waals surface area contributed by atoms with E-state index in [0.717, 1.165) is 48.3 Å². The molecule has 3 heterocycles. The maximum Gasteiger partial charge on any atom is 0.354 e. The van der Waals surface area contributed by atoms with Gasteiger partial charge in [-0.15, -0.1) is 0 Å². The molecule has 168 valence electrons. The molecule has 0 unspecified atom stereocenters. The average molecular weight is 426 g/mol. The monoisotopic (exact) mass is 425 g/mol. The van der Waals surface area contributed by atoms with Crippen molar-refractivity contribution in [3.63, 3.8) is 0 Å². The molecule has 0 bridgehead atoms. The Morgan fingerprint density at radius 2 is 1.84 bits per heavy atom. The smallest absolute Gasteiger partial charge is 0.343 e. The summed E-state index contributed by atoms with van der Waals surface area (Å²) < 4.78 is 1.56. The molecule has 2 aromatic heterocycles. The summed E-state index contributed by atoms with van der Waals surface area (Å²) in [6.07, 6.45) is 7.72. The minimum Gasteiger partial charge on any atom is -0.343 e. The van der Waals surface area contributed by atoms with Gasteiger partial charge in [0, 0.05) is 23.8 Å². The molecule has 31 heavy (non-hydrogen) atoms. The second-order valence-corrected chi connectivity index (χ2v) is 7.83. The molecule has 0 aliphatic carbocycles. The van der Waals surface area contributed by atoms with E-state index >= 15 is 0 Å². The minimum atomic E-state index is -0.303. The lowest BCUT2D eigenvalue weighted by molar-refractivity contribution is 0.520. The summed E-state index contributed by atoms with van der Waals surface area (Å²) in [5.74, 6) is 0. The number of aromatic amines is 1. The summed E-state index contributed by atoms with van der Waals surface area (Å²) >= 11 is 0. The van der Waals surface area contributed by atoms with Crippen molar-refractivity contribution in [1.29, 1.82) is 0 Å². The number of nitrogens with one attached hydrogen (secondary N) is 3. The number of fused-ring (bicyclic) bond motifs is 1. The quantitative estimate of drug-likeness (QED) is 0.347. The Morgan fingerprint density at radius 3 is 2.45 bits per heavy atom. The first-order valence-corrected chi connectivity index (χ1v) is 11.2. The molecule has 1 fully saturated rings. The molecule has 8 nitrogen and oxygen atoms in total. The van der Waals surface area contributed by atoms with E-state index in [1.807, 2.05) is 36.5 Å². The predicted molar refractivity (Wildman–Crippen MR) is 127 cm³/mol. The van der Waals surface area contributed by atoms with Gasteiger partial charge < -0.3 is 27.1 Å². The molecule has 0 atom stereocenters. The maximum atomic E-state index is 12.3. The molecule has 4 rings (SSSR count). The lowest BCUT2D eigenvalue weighted by atomic mass is 10.2. The van der Waals surface area contributed by atoms with Gasteiger partial charge in [0.25, 0.3) is 0 Å². The van der Waals surface area contributed by atoms with Crippen molar-refractivity contribution in [1.82, 2.24) is 25.2 Å². The van der Waals surface area contributed by atoms with Crippen LogP contribution >= 0.6 is 0 Å². The number of aromatic nitrogens is 3. The van der Waals surface area contributed by atoms with E-state index in [1.165, 1.54) is 32.4 Å². The van der Waals surface area contributed by atoms with Gasteiger partial charge in [-0.2, -0.15) is 4.98 Å². The first-order chi connectivity index (χ1) is 15.2. The summed E-state index contributed by atoms with van der Waals surface area (Å²) in [6.45, 7) is 5.43. The van der Waals surface area contributed by atoms with E-state index in [0.29, 0.717) is 18.7 Å². The Morgan fingerprint density at radius 1 is 1.06 bits per heavy atom. The third-order valence-electron chi connectivity index (χ3n) is 5.29. The molecular weight excluding hydrogens is 390 g/mol. The number of H-pyrrole nitrogens is 1. The zero-order chi connectivity index (χ0) is 21.9. The number of nitrogens with two attached hydrogens (primary N) is 2. The second kappa shape index (κ2) is 12.4. The van der Waals surface area contributed by atoms with E-state index in [1.54, 1.807) is 4.57 Å². The lowest BCUT2D eigenvalue weighted by Gasteiger charge is -2.08. The molecule has 0 saturated carbocycles. The Hall–Kier alpha value is -2.52. The van der Waals surface area contributed by atoms with Gasteiger partial charge in [-0.1, -0.05) is 18.6 Å². The lowest BCUT2D eigenvalue weighted by Crippen LogP contribution is -2.21. The zero-order valence-corrected chi connectivity index (χ0v) is 18.2. The number of piperidine rings is 1. The fraction of sp³-hybridized carbons (Fsp3) is 0.478. The van der Waals surface area contributed by atoms with Crippen LogP contribution in [0.4, 0.5) is 0 Å². The maximum absolute atomic E-state index is 12.3. The average Bonchev–Trinajstić information content (AvgIpc) is 3.20. The van der Waals surface area contributed by atoms with E-state index in [2.05, 4.69) is 20.6 Å². The van der Waals surface area contributed by atoms with Crippen LogP contribution in [0.15, 0.2) is 41.3 Å². The number of hydrogen-bond acceptors (Lipinski definition) is 6. The van der Waals surface area contributed by atoms with Crippen molar-refractivity contribution in [3.8, 4) is 5.69 Å². The number of rotatable bonds is 8. The van der Waals surface area contributed by atoms with Gasteiger partial charge in [-0.05, 0) is 82.2 Å². The standard InChI is InChI=1S/C18H24N6O.C5H11N/c19-7-1-9-21-11-13-2-4-16(5-3-13)24-12-14-10-15(6-8-20)22-17(14)23-18(24)25;1-2-4-6-5-3-1/h2-5,10,12,21H,1,6-9,11,19-20H2,(H,22,23,25);6H,1-5H2. The summed E-state index contributed by atoms with van der Waals surface area (Å²) in [7, 11) is 0. The molecule has 1 aromatic carbocycles.